The predicted molar refractivity (Wildman–Crippen MR) is 89.6 cm³/mol. The van der Waals surface area contributed by atoms with Gasteiger partial charge in [-0.1, -0.05) is 41.4 Å². The molecule has 0 aliphatic carbocycles. The molecule has 2 rings (SSSR count). The fraction of sp³-hybridized carbons (Fsp3) is 0.278. The van der Waals surface area contributed by atoms with E-state index in [9.17, 15) is 4.79 Å². The van der Waals surface area contributed by atoms with Gasteiger partial charge in [-0.15, -0.1) is 0 Å². The molecule has 1 N–H and O–H groups in total. The van der Waals surface area contributed by atoms with E-state index < -0.39 is 0 Å². The molecule has 0 aliphatic heterocycles. The molecule has 0 unspecified atom stereocenters. The minimum Gasteiger partial charge on any atom is -0.484 e. The first-order valence-electron chi connectivity index (χ1n) is 7.26. The van der Waals surface area contributed by atoms with Crippen molar-refractivity contribution < 1.29 is 9.53 Å². The van der Waals surface area contributed by atoms with Gasteiger partial charge in [0.15, 0.2) is 6.61 Å². The highest BCUT2D eigenvalue weighted by molar-refractivity contribution is 6.30. The van der Waals surface area contributed by atoms with E-state index in [1.54, 1.807) is 0 Å². The van der Waals surface area contributed by atoms with Crippen molar-refractivity contribution in [2.75, 3.05) is 13.2 Å². The number of carbonyl (C=O) groups excluding carboxylic acids is 1. The van der Waals surface area contributed by atoms with Crippen LogP contribution in [0.4, 0.5) is 0 Å². The number of halogens is 1. The van der Waals surface area contributed by atoms with Crippen LogP contribution in [0.5, 0.6) is 5.75 Å². The molecular weight excluding hydrogens is 298 g/mol. The maximum Gasteiger partial charge on any atom is 0.257 e. The molecule has 2 aromatic carbocycles. The standard InChI is InChI=1S/C18H20ClNO2/c1-13-6-7-17(14(2)10-13)22-12-18(21)20-9-8-15-4-3-5-16(19)11-15/h3-7,10-11H,8-9,12H2,1-2H3,(H,20,21). The van der Waals surface area contributed by atoms with E-state index in [-0.39, 0.29) is 12.5 Å². The molecule has 0 bridgehead atoms. The van der Waals surface area contributed by atoms with Crippen molar-refractivity contribution in [2.45, 2.75) is 20.3 Å². The zero-order chi connectivity index (χ0) is 15.9. The third kappa shape index (κ3) is 5.08. The fourth-order valence-electron chi connectivity index (χ4n) is 2.19. The molecule has 116 valence electrons. The summed E-state index contributed by atoms with van der Waals surface area (Å²) in [7, 11) is 0. The molecule has 0 saturated heterocycles. The lowest BCUT2D eigenvalue weighted by molar-refractivity contribution is -0.123. The van der Waals surface area contributed by atoms with Gasteiger partial charge in [-0.3, -0.25) is 4.79 Å². The van der Waals surface area contributed by atoms with Crippen LogP contribution in [0, 0.1) is 13.8 Å². The molecule has 0 aromatic heterocycles. The summed E-state index contributed by atoms with van der Waals surface area (Å²) >= 11 is 5.92. The molecule has 1 amide bonds. The first kappa shape index (κ1) is 16.4. The highest BCUT2D eigenvalue weighted by atomic mass is 35.5. The third-order valence-electron chi connectivity index (χ3n) is 3.31. The first-order valence-corrected chi connectivity index (χ1v) is 7.63. The van der Waals surface area contributed by atoms with Crippen LogP contribution in [0.15, 0.2) is 42.5 Å². The number of aryl methyl sites for hydroxylation is 2. The Balaban J connectivity index is 1.74. The molecule has 0 saturated carbocycles. The fourth-order valence-corrected chi connectivity index (χ4v) is 2.41. The van der Waals surface area contributed by atoms with Gasteiger partial charge in [0.05, 0.1) is 0 Å². The third-order valence-corrected chi connectivity index (χ3v) is 3.55. The first-order chi connectivity index (χ1) is 10.5. The summed E-state index contributed by atoms with van der Waals surface area (Å²) in [4.78, 5) is 11.8. The number of nitrogens with one attached hydrogen (secondary N) is 1. The summed E-state index contributed by atoms with van der Waals surface area (Å²) in [6, 6.07) is 13.5. The summed E-state index contributed by atoms with van der Waals surface area (Å²) in [5.74, 6) is 0.623. The number of rotatable bonds is 6. The Morgan fingerprint density at radius 2 is 2.00 bits per heavy atom. The summed E-state index contributed by atoms with van der Waals surface area (Å²) < 4.78 is 5.54. The summed E-state index contributed by atoms with van der Waals surface area (Å²) in [5.41, 5.74) is 3.31. The van der Waals surface area contributed by atoms with Crippen molar-refractivity contribution in [3.63, 3.8) is 0 Å². The van der Waals surface area contributed by atoms with Crippen LogP contribution < -0.4 is 10.1 Å². The van der Waals surface area contributed by atoms with E-state index in [1.165, 1.54) is 5.56 Å². The molecule has 4 heteroatoms. The van der Waals surface area contributed by atoms with Crippen LogP contribution in [0.2, 0.25) is 5.02 Å². The van der Waals surface area contributed by atoms with Crippen LogP contribution >= 0.6 is 11.6 Å². The number of carbonyl (C=O) groups is 1. The van der Waals surface area contributed by atoms with Crippen LogP contribution in [-0.4, -0.2) is 19.1 Å². The van der Waals surface area contributed by atoms with Crippen molar-refractivity contribution in [2.24, 2.45) is 0 Å². The second kappa shape index (κ2) is 7.85. The number of amides is 1. The molecule has 22 heavy (non-hydrogen) atoms. The second-order valence-electron chi connectivity index (χ2n) is 5.29. The maximum atomic E-state index is 11.8. The maximum absolute atomic E-state index is 11.8. The van der Waals surface area contributed by atoms with E-state index >= 15 is 0 Å². The smallest absolute Gasteiger partial charge is 0.257 e. The quantitative estimate of drug-likeness (QED) is 0.882. The van der Waals surface area contributed by atoms with Crippen LogP contribution in [-0.2, 0) is 11.2 Å². The Bertz CT molecular complexity index is 655. The predicted octanol–water partition coefficient (Wildman–Crippen LogP) is 3.69. The Hall–Kier alpha value is -2.00. The minimum atomic E-state index is -0.123. The van der Waals surface area contributed by atoms with Crippen LogP contribution in [0.25, 0.3) is 0 Å². The monoisotopic (exact) mass is 317 g/mol. The SMILES string of the molecule is Cc1ccc(OCC(=O)NCCc2cccc(Cl)c2)c(C)c1. The molecule has 0 radical (unpaired) electrons. The lowest BCUT2D eigenvalue weighted by Gasteiger charge is -2.10. The van der Waals surface area contributed by atoms with Gasteiger partial charge in [0.2, 0.25) is 0 Å². The van der Waals surface area contributed by atoms with Gasteiger partial charge < -0.3 is 10.1 Å². The molecule has 0 atom stereocenters. The Morgan fingerprint density at radius 3 is 2.73 bits per heavy atom. The van der Waals surface area contributed by atoms with E-state index in [2.05, 4.69) is 5.32 Å². The molecular formula is C18H20ClNO2. The minimum absolute atomic E-state index is 0.0272. The summed E-state index contributed by atoms with van der Waals surface area (Å²) in [6.45, 7) is 4.59. The van der Waals surface area contributed by atoms with E-state index in [1.807, 2.05) is 56.3 Å². The Kier molecular flexibility index (Phi) is 5.84. The summed E-state index contributed by atoms with van der Waals surface area (Å²) in [5, 5.41) is 3.55. The normalized spacial score (nSPS) is 10.3. The number of benzene rings is 2. The lowest BCUT2D eigenvalue weighted by atomic mass is 10.1. The average Bonchev–Trinajstić information content (AvgIpc) is 2.46. The molecule has 0 heterocycles. The average molecular weight is 318 g/mol. The summed E-state index contributed by atoms with van der Waals surface area (Å²) in [6.07, 6.45) is 0.746. The van der Waals surface area contributed by atoms with Gasteiger partial charge in [-0.05, 0) is 49.6 Å². The lowest BCUT2D eigenvalue weighted by Crippen LogP contribution is -2.30. The zero-order valence-corrected chi connectivity index (χ0v) is 13.6. The van der Waals surface area contributed by atoms with Crippen molar-refractivity contribution in [3.05, 3.63) is 64.2 Å². The Labute approximate surface area is 136 Å². The Morgan fingerprint density at radius 1 is 1.18 bits per heavy atom. The number of hydrogen-bond acceptors (Lipinski definition) is 2. The van der Waals surface area contributed by atoms with Crippen LogP contribution in [0.3, 0.4) is 0 Å². The second-order valence-corrected chi connectivity index (χ2v) is 5.72. The number of hydrogen-bond donors (Lipinski definition) is 1. The molecule has 3 nitrogen and oxygen atoms in total. The van der Waals surface area contributed by atoms with Gasteiger partial charge in [0.25, 0.3) is 5.91 Å². The van der Waals surface area contributed by atoms with Gasteiger partial charge in [0.1, 0.15) is 5.75 Å². The van der Waals surface area contributed by atoms with Crippen molar-refractivity contribution in [1.82, 2.24) is 5.32 Å². The topological polar surface area (TPSA) is 38.3 Å². The van der Waals surface area contributed by atoms with Crippen LogP contribution in [0.1, 0.15) is 16.7 Å². The van der Waals surface area contributed by atoms with E-state index in [4.69, 9.17) is 16.3 Å². The van der Waals surface area contributed by atoms with Gasteiger partial charge in [0, 0.05) is 11.6 Å². The zero-order valence-electron chi connectivity index (χ0n) is 12.9. The van der Waals surface area contributed by atoms with Gasteiger partial charge in [-0.25, -0.2) is 0 Å². The highest BCUT2D eigenvalue weighted by Crippen LogP contribution is 2.18. The van der Waals surface area contributed by atoms with Crippen molar-refractivity contribution in [3.8, 4) is 5.75 Å². The van der Waals surface area contributed by atoms with E-state index in [0.717, 1.165) is 23.3 Å². The van der Waals surface area contributed by atoms with Crippen molar-refractivity contribution in [1.29, 1.82) is 0 Å². The van der Waals surface area contributed by atoms with Crippen molar-refractivity contribution >= 4 is 17.5 Å². The van der Waals surface area contributed by atoms with E-state index in [0.29, 0.717) is 11.6 Å². The largest absolute Gasteiger partial charge is 0.484 e. The van der Waals surface area contributed by atoms with Gasteiger partial charge in [-0.2, -0.15) is 0 Å². The molecule has 0 fully saturated rings. The highest BCUT2D eigenvalue weighted by Gasteiger charge is 2.05. The van der Waals surface area contributed by atoms with Gasteiger partial charge >= 0.3 is 0 Å². The molecule has 0 aliphatic rings. The number of ether oxygens (including phenoxy) is 1. The molecule has 2 aromatic rings. The molecule has 0 spiro atoms.